The van der Waals surface area contributed by atoms with Crippen LogP contribution in [0.4, 0.5) is 0 Å². The van der Waals surface area contributed by atoms with E-state index in [1.54, 1.807) is 12.1 Å². The van der Waals surface area contributed by atoms with E-state index < -0.39 is 29.6 Å². The minimum Gasteiger partial charge on any atom is -0.508 e. The number of nitrogens with two attached hydrogens (primary N) is 1. The van der Waals surface area contributed by atoms with Gasteiger partial charge in [0.2, 0.25) is 0 Å². The van der Waals surface area contributed by atoms with Crippen LogP contribution in [-0.4, -0.2) is 61.1 Å². The molecular formula is C23H26N4O11. The van der Waals surface area contributed by atoms with Gasteiger partial charge >= 0.3 is 11.9 Å². The highest BCUT2D eigenvalue weighted by Crippen LogP contribution is 2.24. The molecule has 15 nitrogen and oxygen atoms in total. The summed E-state index contributed by atoms with van der Waals surface area (Å²) >= 11 is 0. The van der Waals surface area contributed by atoms with E-state index in [0.29, 0.717) is 17.7 Å². The SMILES string of the molecule is C[C@@H](Cc1ccc(OCc2no[n+]([O-])c2C(N)=O)cc1)NC[C@H](O)c1cc(O)cc(O)c1.O=C(O)C(=O)O. The maximum absolute atomic E-state index is 11.3. The number of primary amides is 1. The number of hydrogen-bond acceptors (Lipinski definition) is 11. The van der Waals surface area contributed by atoms with Gasteiger partial charge in [-0.25, -0.2) is 9.59 Å². The monoisotopic (exact) mass is 534 g/mol. The maximum Gasteiger partial charge on any atom is 0.414 e. The third-order valence-electron chi connectivity index (χ3n) is 4.91. The summed E-state index contributed by atoms with van der Waals surface area (Å²) in [5, 5.41) is 62.1. The highest BCUT2D eigenvalue weighted by molar-refractivity contribution is 6.27. The second-order valence-electron chi connectivity index (χ2n) is 7.94. The molecule has 38 heavy (non-hydrogen) atoms. The summed E-state index contributed by atoms with van der Waals surface area (Å²) < 4.78 is 9.90. The van der Waals surface area contributed by atoms with Gasteiger partial charge in [-0.05, 0) is 53.6 Å². The Labute approximate surface area is 214 Å². The average molecular weight is 534 g/mol. The Balaban J connectivity index is 0.000000757. The molecule has 3 rings (SSSR count). The summed E-state index contributed by atoms with van der Waals surface area (Å²) in [7, 11) is 0. The van der Waals surface area contributed by atoms with E-state index in [1.807, 2.05) is 19.1 Å². The van der Waals surface area contributed by atoms with Crippen LogP contribution in [-0.2, 0) is 22.6 Å². The van der Waals surface area contributed by atoms with Gasteiger partial charge in [-0.2, -0.15) is 0 Å². The highest BCUT2D eigenvalue weighted by Gasteiger charge is 2.24. The zero-order chi connectivity index (χ0) is 28.4. The number of phenols is 2. The molecule has 0 saturated carbocycles. The van der Waals surface area contributed by atoms with Gasteiger partial charge in [0.25, 0.3) is 17.3 Å². The number of phenolic OH excluding ortho intramolecular Hbond substituents is 2. The number of carboxylic acids is 2. The van der Waals surface area contributed by atoms with E-state index in [2.05, 4.69) is 15.1 Å². The molecular weight excluding hydrogens is 508 g/mol. The Hall–Kier alpha value is -4.89. The maximum atomic E-state index is 11.3. The number of carbonyl (C=O) groups excluding carboxylic acids is 1. The minimum atomic E-state index is -1.82. The van der Waals surface area contributed by atoms with E-state index in [9.17, 15) is 25.3 Å². The quantitative estimate of drug-likeness (QED) is 0.132. The molecule has 0 radical (unpaired) electrons. The molecule has 15 heteroatoms. The Bertz CT molecular complexity index is 1230. The molecule has 3 aromatic rings. The lowest BCUT2D eigenvalue weighted by molar-refractivity contribution is -0.803. The number of carboxylic acid groups (broad SMARTS) is 2. The van der Waals surface area contributed by atoms with Crippen molar-refractivity contribution in [3.8, 4) is 17.2 Å². The molecule has 1 amide bonds. The normalized spacial score (nSPS) is 12.1. The number of aliphatic hydroxyl groups is 1. The fourth-order valence-corrected chi connectivity index (χ4v) is 3.14. The van der Waals surface area contributed by atoms with Gasteiger partial charge < -0.3 is 46.5 Å². The topological polar surface area (TPSA) is 253 Å². The first-order chi connectivity index (χ1) is 17.9. The van der Waals surface area contributed by atoms with Gasteiger partial charge in [-0.15, -0.1) is 0 Å². The van der Waals surface area contributed by atoms with Crippen LogP contribution >= 0.6 is 0 Å². The summed E-state index contributed by atoms with van der Waals surface area (Å²) in [5.41, 5.74) is 6.16. The van der Waals surface area contributed by atoms with Gasteiger partial charge in [-0.3, -0.25) is 9.42 Å². The molecule has 204 valence electrons. The van der Waals surface area contributed by atoms with Crippen molar-refractivity contribution < 1.29 is 54.2 Å². The lowest BCUT2D eigenvalue weighted by Gasteiger charge is -2.18. The van der Waals surface area contributed by atoms with Crippen molar-refractivity contribution in [2.24, 2.45) is 5.73 Å². The standard InChI is InChI=1S/C21H24N4O7.C2H2O4/c1-12(23-10-19(28)14-7-15(26)9-16(27)8-14)6-13-2-4-17(5-3-13)31-11-18-20(21(22)29)25(30)32-24-18;3-1(4)2(5)6/h2-5,7-9,12,19,23,26-28H,6,10-11H2,1H3,(H2,22,29);(H,3,4)(H,5,6)/t12-,19-;/m0./s1. The average Bonchev–Trinajstić information content (AvgIpc) is 3.22. The van der Waals surface area contributed by atoms with Crippen molar-refractivity contribution >= 4 is 17.8 Å². The molecule has 2 atom stereocenters. The van der Waals surface area contributed by atoms with Crippen molar-refractivity contribution in [1.29, 1.82) is 0 Å². The summed E-state index contributed by atoms with van der Waals surface area (Å²) in [5.74, 6) is -4.33. The number of benzene rings is 2. The second kappa shape index (κ2) is 13.4. The second-order valence-corrected chi connectivity index (χ2v) is 7.94. The fraction of sp³-hybridized carbons (Fsp3) is 0.261. The van der Waals surface area contributed by atoms with Crippen LogP contribution in [0.5, 0.6) is 17.2 Å². The Morgan fingerprint density at radius 1 is 1.11 bits per heavy atom. The van der Waals surface area contributed by atoms with E-state index in [0.717, 1.165) is 5.56 Å². The minimum absolute atomic E-state index is 0.00742. The molecule has 0 fully saturated rings. The number of ether oxygens (including phenoxy) is 1. The van der Waals surface area contributed by atoms with Crippen molar-refractivity contribution in [2.45, 2.75) is 32.1 Å². The fourth-order valence-electron chi connectivity index (χ4n) is 3.14. The number of aliphatic hydroxyl groups excluding tert-OH is 1. The van der Waals surface area contributed by atoms with Gasteiger partial charge in [0.05, 0.1) is 6.10 Å². The molecule has 0 aliphatic carbocycles. The molecule has 0 unspecified atom stereocenters. The number of nitrogens with zero attached hydrogens (tertiary/aromatic N) is 2. The Morgan fingerprint density at radius 3 is 2.21 bits per heavy atom. The molecule has 0 saturated heterocycles. The van der Waals surface area contributed by atoms with Crippen LogP contribution < -0.4 is 20.7 Å². The number of amides is 1. The first-order valence-electron chi connectivity index (χ1n) is 10.9. The molecule has 0 spiro atoms. The Kier molecular flexibility index (Phi) is 10.4. The summed E-state index contributed by atoms with van der Waals surface area (Å²) in [6.45, 7) is 2.05. The first kappa shape index (κ1) is 29.3. The predicted octanol–water partition coefficient (Wildman–Crippen LogP) is -0.193. The van der Waals surface area contributed by atoms with Crippen LogP contribution in [0.25, 0.3) is 0 Å². The van der Waals surface area contributed by atoms with E-state index in [4.69, 9.17) is 30.3 Å². The van der Waals surface area contributed by atoms with E-state index in [1.165, 1.54) is 18.2 Å². The summed E-state index contributed by atoms with van der Waals surface area (Å²) in [6, 6.07) is 11.2. The first-order valence-corrected chi connectivity index (χ1v) is 10.9. The van der Waals surface area contributed by atoms with Gasteiger partial charge in [0, 0.05) is 23.8 Å². The number of hydrogen-bond donors (Lipinski definition) is 7. The summed E-state index contributed by atoms with van der Waals surface area (Å²) in [4.78, 5) is 29.4. The zero-order valence-electron chi connectivity index (χ0n) is 20.0. The van der Waals surface area contributed by atoms with Crippen molar-refractivity contribution in [3.63, 3.8) is 0 Å². The molecule has 0 aliphatic rings. The molecule has 2 aromatic carbocycles. The number of aliphatic carboxylic acids is 2. The predicted molar refractivity (Wildman–Crippen MR) is 126 cm³/mol. The number of nitrogens with one attached hydrogen (secondary N) is 1. The lowest BCUT2D eigenvalue weighted by Crippen LogP contribution is -2.35. The largest absolute Gasteiger partial charge is 0.508 e. The smallest absolute Gasteiger partial charge is 0.414 e. The molecule has 0 bridgehead atoms. The third-order valence-corrected chi connectivity index (χ3v) is 4.91. The third kappa shape index (κ3) is 8.96. The van der Waals surface area contributed by atoms with E-state index >= 15 is 0 Å². The number of carbonyl (C=O) groups is 3. The molecule has 1 aromatic heterocycles. The van der Waals surface area contributed by atoms with Crippen molar-refractivity contribution in [3.05, 3.63) is 70.2 Å². The molecule has 1 heterocycles. The zero-order valence-corrected chi connectivity index (χ0v) is 20.0. The number of rotatable bonds is 10. The van der Waals surface area contributed by atoms with Crippen molar-refractivity contribution in [1.82, 2.24) is 10.5 Å². The van der Waals surface area contributed by atoms with Crippen LogP contribution in [0.15, 0.2) is 47.1 Å². The molecule has 0 aliphatic heterocycles. The van der Waals surface area contributed by atoms with Crippen molar-refractivity contribution in [2.75, 3.05) is 6.54 Å². The van der Waals surface area contributed by atoms with Crippen LogP contribution in [0.2, 0.25) is 0 Å². The van der Waals surface area contributed by atoms with Crippen LogP contribution in [0, 0.1) is 5.21 Å². The van der Waals surface area contributed by atoms with Gasteiger partial charge in [0.15, 0.2) is 6.61 Å². The Morgan fingerprint density at radius 2 is 1.68 bits per heavy atom. The number of aromatic hydroxyl groups is 2. The number of aromatic nitrogens is 2. The van der Waals surface area contributed by atoms with E-state index in [-0.39, 0.29) is 41.3 Å². The summed E-state index contributed by atoms with van der Waals surface area (Å²) in [6.07, 6.45) is -0.218. The van der Waals surface area contributed by atoms with Gasteiger partial charge in [0.1, 0.15) is 17.2 Å². The van der Waals surface area contributed by atoms with Crippen LogP contribution in [0.1, 0.15) is 40.3 Å². The molecule has 8 N–H and O–H groups in total. The van der Waals surface area contributed by atoms with Gasteiger partial charge in [-0.1, -0.05) is 12.1 Å². The van der Waals surface area contributed by atoms with Crippen LogP contribution in [0.3, 0.4) is 0 Å². The highest BCUT2D eigenvalue weighted by atomic mass is 16.8. The lowest BCUT2D eigenvalue weighted by atomic mass is 10.1.